The molecule has 0 amide bonds. The Balaban J connectivity index is 1.95. The summed E-state index contributed by atoms with van der Waals surface area (Å²) in [6.45, 7) is 3.28. The van der Waals surface area contributed by atoms with E-state index in [0.717, 1.165) is 38.1 Å². The number of ether oxygens (including phenoxy) is 2. The molecule has 4 nitrogen and oxygen atoms in total. The van der Waals surface area contributed by atoms with Gasteiger partial charge in [0, 0.05) is 7.11 Å². The number of esters is 1. The maximum Gasteiger partial charge on any atom is 0.326 e. The van der Waals surface area contributed by atoms with Gasteiger partial charge in [0.05, 0.1) is 12.7 Å². The Morgan fingerprint density at radius 1 is 1.28 bits per heavy atom. The van der Waals surface area contributed by atoms with Gasteiger partial charge in [0.2, 0.25) is 0 Å². The Kier molecular flexibility index (Phi) is 4.62. The maximum absolute atomic E-state index is 12.2. The molecule has 2 rings (SSSR count). The van der Waals surface area contributed by atoms with Crippen LogP contribution in [0.4, 0.5) is 0 Å². The van der Waals surface area contributed by atoms with Crippen LogP contribution in [0.2, 0.25) is 0 Å². The second kappa shape index (κ2) is 6.02. The van der Waals surface area contributed by atoms with E-state index in [4.69, 9.17) is 9.47 Å². The van der Waals surface area contributed by atoms with Gasteiger partial charge in [-0.05, 0) is 57.9 Å². The Bertz CT molecular complexity index is 281. The molecule has 0 aromatic rings. The molecule has 0 aromatic heterocycles. The lowest BCUT2D eigenvalue weighted by atomic mass is 9.80. The van der Waals surface area contributed by atoms with Gasteiger partial charge >= 0.3 is 5.97 Å². The van der Waals surface area contributed by atoms with Gasteiger partial charge in [0.25, 0.3) is 0 Å². The molecule has 0 spiro atoms. The topological polar surface area (TPSA) is 47.6 Å². The van der Waals surface area contributed by atoms with E-state index in [1.165, 1.54) is 12.8 Å². The van der Waals surface area contributed by atoms with Crippen LogP contribution in [0.1, 0.15) is 45.4 Å². The average Bonchev–Trinajstić information content (AvgIpc) is 3.21. The number of methoxy groups -OCH3 is 1. The minimum Gasteiger partial charge on any atom is -0.465 e. The van der Waals surface area contributed by atoms with Crippen LogP contribution >= 0.6 is 0 Å². The predicted octanol–water partition coefficient (Wildman–Crippen LogP) is 1.88. The number of rotatable bonds is 6. The zero-order valence-corrected chi connectivity index (χ0v) is 11.5. The summed E-state index contributed by atoms with van der Waals surface area (Å²) in [5, 5.41) is 3.50. The van der Waals surface area contributed by atoms with Crippen molar-refractivity contribution in [3.63, 3.8) is 0 Å². The van der Waals surface area contributed by atoms with E-state index < -0.39 is 5.54 Å². The molecule has 0 aliphatic heterocycles. The highest BCUT2D eigenvalue weighted by Gasteiger charge is 2.43. The zero-order chi connectivity index (χ0) is 13.0. The SMILES string of the molecule is CCOC(=O)C1(NCC2CC2)CCC(OC)CC1. The molecule has 0 aromatic carbocycles. The van der Waals surface area contributed by atoms with Crippen LogP contribution in [0, 0.1) is 5.92 Å². The summed E-state index contributed by atoms with van der Waals surface area (Å²) in [6, 6.07) is 0. The fourth-order valence-corrected chi connectivity index (χ4v) is 2.70. The van der Waals surface area contributed by atoms with Crippen molar-refractivity contribution in [1.29, 1.82) is 0 Å². The quantitative estimate of drug-likeness (QED) is 0.736. The van der Waals surface area contributed by atoms with Gasteiger partial charge in [-0.1, -0.05) is 0 Å². The van der Waals surface area contributed by atoms with Crippen molar-refractivity contribution >= 4 is 5.97 Å². The van der Waals surface area contributed by atoms with Gasteiger partial charge in [-0.3, -0.25) is 4.79 Å². The largest absolute Gasteiger partial charge is 0.465 e. The Hall–Kier alpha value is -0.610. The van der Waals surface area contributed by atoms with E-state index in [0.29, 0.717) is 12.7 Å². The zero-order valence-electron chi connectivity index (χ0n) is 11.5. The van der Waals surface area contributed by atoms with Crippen LogP contribution < -0.4 is 5.32 Å². The highest BCUT2D eigenvalue weighted by molar-refractivity contribution is 5.81. The Morgan fingerprint density at radius 3 is 2.44 bits per heavy atom. The lowest BCUT2D eigenvalue weighted by molar-refractivity contribution is -0.154. The van der Waals surface area contributed by atoms with Crippen molar-refractivity contribution in [2.24, 2.45) is 5.92 Å². The summed E-state index contributed by atoms with van der Waals surface area (Å²) in [6.07, 6.45) is 6.43. The first-order valence-electron chi connectivity index (χ1n) is 7.15. The van der Waals surface area contributed by atoms with Crippen LogP contribution in [0.5, 0.6) is 0 Å². The molecule has 2 fully saturated rings. The molecular weight excluding hydrogens is 230 g/mol. The smallest absolute Gasteiger partial charge is 0.326 e. The normalized spacial score (nSPS) is 32.2. The lowest BCUT2D eigenvalue weighted by Crippen LogP contribution is -2.56. The van der Waals surface area contributed by atoms with Crippen LogP contribution in [-0.2, 0) is 14.3 Å². The predicted molar refractivity (Wildman–Crippen MR) is 69.4 cm³/mol. The van der Waals surface area contributed by atoms with Crippen molar-refractivity contribution in [3.8, 4) is 0 Å². The Morgan fingerprint density at radius 2 is 1.94 bits per heavy atom. The molecule has 0 saturated heterocycles. The molecule has 0 unspecified atom stereocenters. The monoisotopic (exact) mass is 255 g/mol. The fourth-order valence-electron chi connectivity index (χ4n) is 2.70. The maximum atomic E-state index is 12.2. The first kappa shape index (κ1) is 13.8. The third-order valence-corrected chi connectivity index (χ3v) is 4.21. The van der Waals surface area contributed by atoms with Gasteiger partial charge in [-0.15, -0.1) is 0 Å². The van der Waals surface area contributed by atoms with Crippen LogP contribution in [0.3, 0.4) is 0 Å². The molecule has 4 heteroatoms. The van der Waals surface area contributed by atoms with Crippen molar-refractivity contribution in [1.82, 2.24) is 5.32 Å². The lowest BCUT2D eigenvalue weighted by Gasteiger charge is -2.38. The molecule has 0 atom stereocenters. The second-order valence-electron chi connectivity index (χ2n) is 5.56. The van der Waals surface area contributed by atoms with Crippen LogP contribution in [0.15, 0.2) is 0 Å². The first-order valence-corrected chi connectivity index (χ1v) is 7.15. The molecular formula is C14H25NO3. The number of carbonyl (C=O) groups excluding carboxylic acids is 1. The minimum atomic E-state index is -0.451. The summed E-state index contributed by atoms with van der Waals surface area (Å²) in [4.78, 5) is 12.2. The Labute approximate surface area is 109 Å². The molecule has 1 N–H and O–H groups in total. The minimum absolute atomic E-state index is 0.0693. The summed E-state index contributed by atoms with van der Waals surface area (Å²) >= 11 is 0. The third kappa shape index (κ3) is 3.23. The number of nitrogens with one attached hydrogen (secondary N) is 1. The standard InChI is InChI=1S/C14H25NO3/c1-3-18-13(16)14(15-10-11-4-5-11)8-6-12(17-2)7-9-14/h11-12,15H,3-10H2,1-2H3. The highest BCUT2D eigenvalue weighted by atomic mass is 16.5. The molecule has 2 aliphatic carbocycles. The van der Waals surface area contributed by atoms with Crippen molar-refractivity contribution in [3.05, 3.63) is 0 Å². The molecule has 18 heavy (non-hydrogen) atoms. The average molecular weight is 255 g/mol. The van der Waals surface area contributed by atoms with Crippen molar-refractivity contribution < 1.29 is 14.3 Å². The van der Waals surface area contributed by atoms with Crippen molar-refractivity contribution in [2.75, 3.05) is 20.3 Å². The molecule has 2 aliphatic rings. The summed E-state index contributed by atoms with van der Waals surface area (Å²) in [5.41, 5.74) is -0.451. The molecule has 0 radical (unpaired) electrons. The van der Waals surface area contributed by atoms with Gasteiger partial charge in [0.1, 0.15) is 5.54 Å². The van der Waals surface area contributed by atoms with Gasteiger partial charge < -0.3 is 14.8 Å². The number of hydrogen-bond donors (Lipinski definition) is 1. The molecule has 104 valence electrons. The van der Waals surface area contributed by atoms with Crippen molar-refractivity contribution in [2.45, 2.75) is 57.1 Å². The van der Waals surface area contributed by atoms with E-state index >= 15 is 0 Å². The van der Waals surface area contributed by atoms with Gasteiger partial charge in [-0.25, -0.2) is 0 Å². The summed E-state index contributed by atoms with van der Waals surface area (Å²) in [5.74, 6) is 0.705. The fraction of sp³-hybridized carbons (Fsp3) is 0.929. The first-order chi connectivity index (χ1) is 8.70. The summed E-state index contributed by atoms with van der Waals surface area (Å²) in [7, 11) is 1.75. The molecule has 2 saturated carbocycles. The summed E-state index contributed by atoms with van der Waals surface area (Å²) < 4.78 is 10.6. The third-order valence-electron chi connectivity index (χ3n) is 4.21. The number of hydrogen-bond acceptors (Lipinski definition) is 4. The van der Waals surface area contributed by atoms with E-state index in [-0.39, 0.29) is 5.97 Å². The number of carbonyl (C=O) groups is 1. The molecule has 0 bridgehead atoms. The van der Waals surface area contributed by atoms with E-state index in [2.05, 4.69) is 5.32 Å². The van der Waals surface area contributed by atoms with Crippen LogP contribution in [-0.4, -0.2) is 37.9 Å². The second-order valence-corrected chi connectivity index (χ2v) is 5.56. The van der Waals surface area contributed by atoms with E-state index in [9.17, 15) is 4.79 Å². The highest BCUT2D eigenvalue weighted by Crippen LogP contribution is 2.34. The van der Waals surface area contributed by atoms with E-state index in [1.54, 1.807) is 7.11 Å². The van der Waals surface area contributed by atoms with Crippen LogP contribution in [0.25, 0.3) is 0 Å². The van der Waals surface area contributed by atoms with Gasteiger partial charge in [0.15, 0.2) is 0 Å². The molecule has 0 heterocycles. The van der Waals surface area contributed by atoms with E-state index in [1.807, 2.05) is 6.92 Å². The van der Waals surface area contributed by atoms with Gasteiger partial charge in [-0.2, -0.15) is 0 Å².